The van der Waals surface area contributed by atoms with Gasteiger partial charge in [0.1, 0.15) is 23.6 Å². The molecule has 26 heavy (non-hydrogen) atoms. The van der Waals surface area contributed by atoms with Gasteiger partial charge in [-0.1, -0.05) is 12.1 Å². The predicted molar refractivity (Wildman–Crippen MR) is 91.1 cm³/mol. The standard InChI is InChI=1S/C17H17F3N6/c18-12-3-1-2-4-13(12)26-16-11(9-24-26)15(22-10-23-16)25-14-5-7-21-8-6-17(14,19)20/h1-4,9-10,14,21H,5-8H2,(H,22,23,25). The third-order valence-electron chi connectivity index (χ3n) is 4.51. The van der Waals surface area contributed by atoms with Crippen molar-refractivity contribution in [3.8, 4) is 5.69 Å². The average Bonchev–Trinajstić information content (AvgIpc) is 2.98. The number of benzene rings is 1. The van der Waals surface area contributed by atoms with Gasteiger partial charge in [-0.2, -0.15) is 5.10 Å². The lowest BCUT2D eigenvalue weighted by Crippen LogP contribution is -2.39. The van der Waals surface area contributed by atoms with Crippen LogP contribution in [-0.2, 0) is 0 Å². The van der Waals surface area contributed by atoms with Crippen molar-refractivity contribution in [1.29, 1.82) is 0 Å². The molecular weight excluding hydrogens is 345 g/mol. The summed E-state index contributed by atoms with van der Waals surface area (Å²) in [6.07, 6.45) is 2.74. The van der Waals surface area contributed by atoms with Crippen molar-refractivity contribution in [2.75, 3.05) is 18.4 Å². The summed E-state index contributed by atoms with van der Waals surface area (Å²) in [4.78, 5) is 8.25. The highest BCUT2D eigenvalue weighted by Gasteiger charge is 2.40. The van der Waals surface area contributed by atoms with E-state index >= 15 is 0 Å². The van der Waals surface area contributed by atoms with E-state index in [2.05, 4.69) is 25.7 Å². The first-order chi connectivity index (χ1) is 12.6. The number of para-hydroxylation sites is 1. The Morgan fingerprint density at radius 2 is 2.04 bits per heavy atom. The quantitative estimate of drug-likeness (QED) is 0.750. The molecule has 0 saturated carbocycles. The van der Waals surface area contributed by atoms with Gasteiger partial charge in [-0.05, 0) is 25.1 Å². The molecule has 9 heteroatoms. The molecule has 3 aromatic rings. The molecule has 0 bridgehead atoms. The fourth-order valence-corrected chi connectivity index (χ4v) is 3.11. The van der Waals surface area contributed by atoms with Gasteiger partial charge in [-0.15, -0.1) is 0 Å². The van der Waals surface area contributed by atoms with Crippen LogP contribution in [0.15, 0.2) is 36.8 Å². The zero-order chi connectivity index (χ0) is 18.1. The summed E-state index contributed by atoms with van der Waals surface area (Å²) < 4.78 is 44.1. The minimum atomic E-state index is -2.86. The lowest BCUT2D eigenvalue weighted by Gasteiger charge is -2.25. The molecule has 0 spiro atoms. The van der Waals surface area contributed by atoms with Crippen LogP contribution in [0.5, 0.6) is 0 Å². The zero-order valence-corrected chi connectivity index (χ0v) is 13.8. The van der Waals surface area contributed by atoms with Gasteiger partial charge in [-0.3, -0.25) is 0 Å². The van der Waals surface area contributed by atoms with Gasteiger partial charge in [0.15, 0.2) is 5.65 Å². The molecule has 2 aromatic heterocycles. The minimum absolute atomic E-state index is 0.233. The van der Waals surface area contributed by atoms with Crippen LogP contribution in [0, 0.1) is 5.82 Å². The van der Waals surface area contributed by atoms with Crippen LogP contribution in [-0.4, -0.2) is 44.8 Å². The van der Waals surface area contributed by atoms with Gasteiger partial charge >= 0.3 is 0 Å². The Labute approximate surface area is 147 Å². The van der Waals surface area contributed by atoms with Gasteiger partial charge in [0.25, 0.3) is 5.92 Å². The zero-order valence-electron chi connectivity index (χ0n) is 13.8. The number of rotatable bonds is 3. The van der Waals surface area contributed by atoms with E-state index in [0.717, 1.165) is 0 Å². The van der Waals surface area contributed by atoms with Crippen LogP contribution in [0.3, 0.4) is 0 Å². The Bertz CT molecular complexity index is 926. The Hall–Kier alpha value is -2.68. The number of nitrogens with zero attached hydrogens (tertiary/aromatic N) is 4. The van der Waals surface area contributed by atoms with E-state index in [9.17, 15) is 13.2 Å². The second kappa shape index (κ2) is 6.56. The maximum atomic E-state index is 14.3. The predicted octanol–water partition coefficient (Wildman–Crippen LogP) is 2.75. The van der Waals surface area contributed by atoms with Crippen molar-refractivity contribution < 1.29 is 13.2 Å². The number of nitrogens with one attached hydrogen (secondary N) is 2. The summed E-state index contributed by atoms with van der Waals surface area (Å²) in [7, 11) is 0. The fraction of sp³-hybridized carbons (Fsp3) is 0.353. The van der Waals surface area contributed by atoms with Crippen LogP contribution >= 0.6 is 0 Å². The highest BCUT2D eigenvalue weighted by Crippen LogP contribution is 2.31. The van der Waals surface area contributed by atoms with E-state index in [1.165, 1.54) is 23.3 Å². The maximum absolute atomic E-state index is 14.3. The Morgan fingerprint density at radius 1 is 1.19 bits per heavy atom. The topological polar surface area (TPSA) is 67.7 Å². The fourth-order valence-electron chi connectivity index (χ4n) is 3.11. The lowest BCUT2D eigenvalue weighted by atomic mass is 10.1. The largest absolute Gasteiger partial charge is 0.361 e. The molecule has 0 amide bonds. The Kier molecular flexibility index (Phi) is 4.23. The number of alkyl halides is 2. The van der Waals surface area contributed by atoms with Crippen molar-refractivity contribution >= 4 is 16.9 Å². The monoisotopic (exact) mass is 362 g/mol. The highest BCUT2D eigenvalue weighted by molar-refractivity contribution is 5.87. The molecule has 1 fully saturated rings. The molecule has 0 radical (unpaired) electrons. The molecule has 4 rings (SSSR count). The summed E-state index contributed by atoms with van der Waals surface area (Å²) in [5.74, 6) is -3.04. The Morgan fingerprint density at radius 3 is 2.88 bits per heavy atom. The summed E-state index contributed by atoms with van der Waals surface area (Å²) >= 11 is 0. The molecule has 1 aromatic carbocycles. The SMILES string of the molecule is Fc1ccccc1-n1ncc2c(NC3CCNCCC3(F)F)ncnc21. The van der Waals surface area contributed by atoms with Gasteiger partial charge in [-0.25, -0.2) is 27.8 Å². The van der Waals surface area contributed by atoms with Crippen LogP contribution in [0.4, 0.5) is 19.0 Å². The Balaban J connectivity index is 1.72. The summed E-state index contributed by atoms with van der Waals surface area (Å²) in [5, 5.41) is 10.5. The number of hydrogen-bond acceptors (Lipinski definition) is 5. The number of halogens is 3. The van der Waals surface area contributed by atoms with E-state index in [1.54, 1.807) is 18.2 Å². The number of aromatic nitrogens is 4. The first-order valence-corrected chi connectivity index (χ1v) is 8.35. The van der Waals surface area contributed by atoms with Gasteiger partial charge < -0.3 is 10.6 Å². The van der Waals surface area contributed by atoms with E-state index in [-0.39, 0.29) is 30.9 Å². The lowest BCUT2D eigenvalue weighted by molar-refractivity contribution is -0.0214. The minimum Gasteiger partial charge on any atom is -0.361 e. The van der Waals surface area contributed by atoms with Gasteiger partial charge in [0.2, 0.25) is 0 Å². The average molecular weight is 362 g/mol. The molecule has 1 unspecified atom stereocenters. The highest BCUT2D eigenvalue weighted by atomic mass is 19.3. The van der Waals surface area contributed by atoms with E-state index < -0.39 is 17.8 Å². The number of hydrogen-bond donors (Lipinski definition) is 2. The van der Waals surface area contributed by atoms with Crippen LogP contribution < -0.4 is 10.6 Å². The molecule has 3 heterocycles. The third-order valence-corrected chi connectivity index (χ3v) is 4.51. The van der Waals surface area contributed by atoms with Crippen LogP contribution in [0.1, 0.15) is 12.8 Å². The summed E-state index contributed by atoms with van der Waals surface area (Å²) in [6.45, 7) is 0.769. The molecule has 1 aliphatic heterocycles. The van der Waals surface area contributed by atoms with Gasteiger partial charge in [0, 0.05) is 13.0 Å². The molecule has 0 aliphatic carbocycles. The van der Waals surface area contributed by atoms with E-state index in [0.29, 0.717) is 17.6 Å². The molecule has 2 N–H and O–H groups in total. The van der Waals surface area contributed by atoms with Crippen LogP contribution in [0.2, 0.25) is 0 Å². The second-order valence-corrected chi connectivity index (χ2v) is 6.21. The van der Waals surface area contributed by atoms with Crippen molar-refractivity contribution in [1.82, 2.24) is 25.1 Å². The first-order valence-electron chi connectivity index (χ1n) is 8.35. The molecule has 6 nitrogen and oxygen atoms in total. The summed E-state index contributed by atoms with van der Waals surface area (Å²) in [6, 6.07) is 5.11. The molecular formula is C17H17F3N6. The third kappa shape index (κ3) is 2.98. The normalized spacial score (nSPS) is 20.0. The maximum Gasteiger partial charge on any atom is 0.269 e. The van der Waals surface area contributed by atoms with E-state index in [1.807, 2.05) is 0 Å². The smallest absolute Gasteiger partial charge is 0.269 e. The second-order valence-electron chi connectivity index (χ2n) is 6.21. The van der Waals surface area contributed by atoms with E-state index in [4.69, 9.17) is 0 Å². The molecule has 1 atom stereocenters. The molecule has 1 aliphatic rings. The van der Waals surface area contributed by atoms with Crippen molar-refractivity contribution in [3.05, 3.63) is 42.6 Å². The van der Waals surface area contributed by atoms with Gasteiger partial charge in [0.05, 0.1) is 17.6 Å². The summed E-state index contributed by atoms with van der Waals surface area (Å²) in [5.41, 5.74) is 0.582. The molecule has 1 saturated heterocycles. The number of fused-ring (bicyclic) bond motifs is 1. The van der Waals surface area contributed by atoms with Crippen LogP contribution in [0.25, 0.3) is 16.7 Å². The van der Waals surface area contributed by atoms with Crippen molar-refractivity contribution in [2.45, 2.75) is 24.8 Å². The van der Waals surface area contributed by atoms with Crippen molar-refractivity contribution in [3.63, 3.8) is 0 Å². The number of anilines is 1. The first kappa shape index (κ1) is 16.8. The molecule has 136 valence electrons. The van der Waals surface area contributed by atoms with Crippen molar-refractivity contribution in [2.24, 2.45) is 0 Å².